The zero-order chi connectivity index (χ0) is 18.4. The summed E-state index contributed by atoms with van der Waals surface area (Å²) in [4.78, 5) is 14.1. The lowest BCUT2D eigenvalue weighted by atomic mass is 9.96. The lowest BCUT2D eigenvalue weighted by molar-refractivity contribution is 0.152. The predicted octanol–water partition coefficient (Wildman–Crippen LogP) is 3.98. The quantitative estimate of drug-likeness (QED) is 0.822. The van der Waals surface area contributed by atoms with Crippen LogP contribution in [0, 0.1) is 0 Å². The van der Waals surface area contributed by atoms with Gasteiger partial charge in [-0.1, -0.05) is 49.6 Å². The maximum atomic E-state index is 12.5. The van der Waals surface area contributed by atoms with Crippen molar-refractivity contribution in [3.05, 3.63) is 48.2 Å². The molecule has 2 N–H and O–H groups in total. The Morgan fingerprint density at radius 3 is 2.73 bits per heavy atom. The van der Waals surface area contributed by atoms with Crippen molar-refractivity contribution in [2.24, 2.45) is 0 Å². The molecular formula is C20H28N4O2. The molecule has 3 rings (SSSR count). The first-order valence-corrected chi connectivity index (χ1v) is 9.44. The van der Waals surface area contributed by atoms with Gasteiger partial charge in [-0.25, -0.2) is 9.48 Å². The molecule has 0 spiro atoms. The van der Waals surface area contributed by atoms with Crippen LogP contribution in [0.2, 0.25) is 0 Å². The van der Waals surface area contributed by atoms with Crippen LogP contribution in [0.4, 0.5) is 10.6 Å². The summed E-state index contributed by atoms with van der Waals surface area (Å²) in [6.07, 6.45) is 7.61. The summed E-state index contributed by atoms with van der Waals surface area (Å²) in [6.45, 7) is 0.472. The van der Waals surface area contributed by atoms with Crippen molar-refractivity contribution in [3.8, 4) is 0 Å². The molecule has 1 unspecified atom stereocenters. The Bertz CT molecular complexity index is 695. The number of carbonyl (C=O) groups excluding carboxylic acids is 1. The van der Waals surface area contributed by atoms with Gasteiger partial charge in [-0.15, -0.1) is 0 Å². The monoisotopic (exact) mass is 356 g/mol. The van der Waals surface area contributed by atoms with E-state index in [-0.39, 0.29) is 6.03 Å². The van der Waals surface area contributed by atoms with Gasteiger partial charge in [0, 0.05) is 19.7 Å². The minimum atomic E-state index is -0.570. The summed E-state index contributed by atoms with van der Waals surface area (Å²) in [5.74, 6) is 0.748. The molecule has 0 saturated heterocycles. The number of aliphatic hydroxyl groups is 1. The molecule has 0 bridgehead atoms. The zero-order valence-electron chi connectivity index (χ0n) is 15.3. The third kappa shape index (κ3) is 4.64. The fourth-order valence-electron chi connectivity index (χ4n) is 3.49. The normalized spacial score (nSPS) is 16.2. The average molecular weight is 356 g/mol. The van der Waals surface area contributed by atoms with Crippen LogP contribution in [0.25, 0.3) is 0 Å². The molecule has 2 aromatic rings. The van der Waals surface area contributed by atoms with Crippen molar-refractivity contribution in [2.75, 3.05) is 18.9 Å². The number of nitrogens with zero attached hydrogens (tertiary/aromatic N) is 3. The third-order valence-electron chi connectivity index (χ3n) is 5.09. The Morgan fingerprint density at radius 1 is 1.27 bits per heavy atom. The number of carbonyl (C=O) groups is 1. The van der Waals surface area contributed by atoms with Gasteiger partial charge in [0.05, 0.1) is 18.3 Å². The number of hydrogen-bond acceptors (Lipinski definition) is 3. The highest BCUT2D eigenvalue weighted by Gasteiger charge is 2.20. The molecule has 6 heteroatoms. The highest BCUT2D eigenvalue weighted by molar-refractivity contribution is 5.88. The smallest absolute Gasteiger partial charge is 0.322 e. The molecule has 1 fully saturated rings. The number of rotatable bonds is 6. The molecule has 140 valence electrons. The molecule has 1 atom stereocenters. The maximum Gasteiger partial charge on any atom is 0.322 e. The molecule has 1 aromatic heterocycles. The molecule has 0 aliphatic heterocycles. The first-order valence-electron chi connectivity index (χ1n) is 9.44. The number of aromatic nitrogens is 2. The van der Waals surface area contributed by atoms with Crippen LogP contribution >= 0.6 is 0 Å². The number of nitrogens with one attached hydrogen (secondary N) is 1. The molecule has 2 amide bonds. The van der Waals surface area contributed by atoms with Crippen LogP contribution in [0.5, 0.6) is 0 Å². The molecule has 1 aliphatic rings. The summed E-state index contributed by atoms with van der Waals surface area (Å²) in [5.41, 5.74) is 0.872. The fraction of sp³-hybridized carbons (Fsp3) is 0.500. The van der Waals surface area contributed by atoms with Crippen LogP contribution in [-0.4, -0.2) is 39.4 Å². The first kappa shape index (κ1) is 18.5. The van der Waals surface area contributed by atoms with Crippen molar-refractivity contribution in [1.82, 2.24) is 14.7 Å². The first-order chi connectivity index (χ1) is 12.6. The summed E-state index contributed by atoms with van der Waals surface area (Å²) in [5, 5.41) is 17.6. The van der Waals surface area contributed by atoms with Gasteiger partial charge in [0.25, 0.3) is 0 Å². The highest BCUT2D eigenvalue weighted by Crippen LogP contribution is 2.30. The van der Waals surface area contributed by atoms with Crippen molar-refractivity contribution in [3.63, 3.8) is 0 Å². The fourth-order valence-corrected chi connectivity index (χ4v) is 3.49. The second-order valence-corrected chi connectivity index (χ2v) is 7.02. The van der Waals surface area contributed by atoms with Gasteiger partial charge in [-0.3, -0.25) is 5.32 Å². The second-order valence-electron chi connectivity index (χ2n) is 7.02. The number of hydrogen-bond donors (Lipinski definition) is 2. The molecule has 26 heavy (non-hydrogen) atoms. The van der Waals surface area contributed by atoms with Crippen molar-refractivity contribution < 1.29 is 9.90 Å². The lowest BCUT2D eigenvalue weighted by Crippen LogP contribution is -2.34. The number of amides is 2. The highest BCUT2D eigenvalue weighted by atomic mass is 16.3. The van der Waals surface area contributed by atoms with Gasteiger partial charge in [-0.05, 0) is 24.8 Å². The minimum absolute atomic E-state index is 0.178. The third-order valence-corrected chi connectivity index (χ3v) is 5.09. The molecule has 1 aliphatic carbocycles. The Labute approximate surface area is 154 Å². The van der Waals surface area contributed by atoms with Gasteiger partial charge in [0.1, 0.15) is 5.82 Å². The Kier molecular flexibility index (Phi) is 6.28. The van der Waals surface area contributed by atoms with E-state index in [1.165, 1.54) is 19.3 Å². The van der Waals surface area contributed by atoms with Crippen LogP contribution in [0.1, 0.15) is 56.2 Å². The number of urea groups is 1. The standard InChI is InChI=1S/C20H28N4O2/c1-23(15-13-18(25)16-8-4-2-5-9-16)20(26)22-19-12-14-21-24(19)17-10-6-3-7-11-17/h2,4-5,8-9,12,14,17-18,25H,3,6-7,10-11,13,15H2,1H3,(H,22,26). The molecule has 6 nitrogen and oxygen atoms in total. The predicted molar refractivity (Wildman–Crippen MR) is 102 cm³/mol. The molecule has 1 saturated carbocycles. The van der Waals surface area contributed by atoms with E-state index in [1.807, 2.05) is 41.1 Å². The number of aliphatic hydroxyl groups excluding tert-OH is 1. The summed E-state index contributed by atoms with van der Waals surface area (Å²) >= 11 is 0. The Morgan fingerprint density at radius 2 is 2.00 bits per heavy atom. The summed E-state index contributed by atoms with van der Waals surface area (Å²) in [6, 6.07) is 11.6. The van der Waals surface area contributed by atoms with Crippen molar-refractivity contribution >= 4 is 11.8 Å². The largest absolute Gasteiger partial charge is 0.388 e. The topological polar surface area (TPSA) is 70.4 Å². The number of anilines is 1. The van der Waals surface area contributed by atoms with E-state index < -0.39 is 6.10 Å². The Hall–Kier alpha value is -2.34. The Balaban J connectivity index is 1.52. The average Bonchev–Trinajstić information content (AvgIpc) is 3.15. The van der Waals surface area contributed by atoms with E-state index >= 15 is 0 Å². The van der Waals surface area contributed by atoms with E-state index in [4.69, 9.17) is 0 Å². The SMILES string of the molecule is CN(CCC(O)c1ccccc1)C(=O)Nc1ccnn1C1CCCCC1. The second kappa shape index (κ2) is 8.85. The lowest BCUT2D eigenvalue weighted by Gasteiger charge is -2.25. The summed E-state index contributed by atoms with van der Waals surface area (Å²) < 4.78 is 1.95. The summed E-state index contributed by atoms with van der Waals surface area (Å²) in [7, 11) is 1.74. The van der Waals surface area contributed by atoms with Gasteiger partial charge in [-0.2, -0.15) is 5.10 Å². The zero-order valence-corrected chi connectivity index (χ0v) is 15.3. The number of benzene rings is 1. The van der Waals surface area contributed by atoms with Gasteiger partial charge < -0.3 is 10.0 Å². The van der Waals surface area contributed by atoms with Crippen LogP contribution in [0.15, 0.2) is 42.6 Å². The van der Waals surface area contributed by atoms with E-state index in [2.05, 4.69) is 10.4 Å². The van der Waals surface area contributed by atoms with Crippen LogP contribution in [-0.2, 0) is 0 Å². The minimum Gasteiger partial charge on any atom is -0.388 e. The van der Waals surface area contributed by atoms with Gasteiger partial charge in [0.2, 0.25) is 0 Å². The van der Waals surface area contributed by atoms with Crippen LogP contribution in [0.3, 0.4) is 0 Å². The van der Waals surface area contributed by atoms with E-state index in [0.29, 0.717) is 19.0 Å². The molecule has 0 radical (unpaired) electrons. The van der Waals surface area contributed by atoms with Crippen LogP contribution < -0.4 is 5.32 Å². The molecule has 1 aromatic carbocycles. The van der Waals surface area contributed by atoms with Gasteiger partial charge in [0.15, 0.2) is 0 Å². The van der Waals surface area contributed by atoms with E-state index in [1.54, 1.807) is 18.1 Å². The van der Waals surface area contributed by atoms with E-state index in [9.17, 15) is 9.90 Å². The maximum absolute atomic E-state index is 12.5. The molecule has 1 heterocycles. The van der Waals surface area contributed by atoms with E-state index in [0.717, 1.165) is 24.2 Å². The van der Waals surface area contributed by atoms with Crippen molar-refractivity contribution in [2.45, 2.75) is 50.7 Å². The molecular weight excluding hydrogens is 328 g/mol. The van der Waals surface area contributed by atoms with Crippen molar-refractivity contribution in [1.29, 1.82) is 0 Å². The van der Waals surface area contributed by atoms with Gasteiger partial charge >= 0.3 is 6.03 Å².